The van der Waals surface area contributed by atoms with Crippen molar-refractivity contribution in [2.45, 2.75) is 32.4 Å². The molecule has 1 aliphatic carbocycles. The molecule has 0 spiro atoms. The van der Waals surface area contributed by atoms with Crippen molar-refractivity contribution in [3.8, 4) is 11.5 Å². The zero-order valence-corrected chi connectivity index (χ0v) is 13.7. The van der Waals surface area contributed by atoms with Crippen LogP contribution < -0.4 is 15.4 Å². The molecule has 4 heteroatoms. The summed E-state index contributed by atoms with van der Waals surface area (Å²) in [6.45, 7) is 2.74. The molecule has 0 amide bonds. The van der Waals surface area contributed by atoms with Crippen molar-refractivity contribution in [1.82, 2.24) is 10.6 Å². The predicted molar refractivity (Wildman–Crippen MR) is 94.1 cm³/mol. The lowest BCUT2D eigenvalue weighted by Gasteiger charge is -2.14. The minimum absolute atomic E-state index is 0.584. The van der Waals surface area contributed by atoms with E-state index in [0.29, 0.717) is 12.6 Å². The molecule has 0 aromatic heterocycles. The lowest BCUT2D eigenvalue weighted by molar-refractivity contribution is 0.475. The van der Waals surface area contributed by atoms with Gasteiger partial charge in [0.05, 0.1) is 0 Å². The number of ether oxygens (including phenoxy) is 1. The van der Waals surface area contributed by atoms with Crippen LogP contribution in [0.4, 0.5) is 0 Å². The first-order valence-corrected chi connectivity index (χ1v) is 8.04. The normalized spacial score (nSPS) is 14.4. The zero-order valence-electron chi connectivity index (χ0n) is 13.7. The van der Waals surface area contributed by atoms with Crippen LogP contribution in [0, 0.1) is 6.92 Å². The molecule has 0 saturated heterocycles. The van der Waals surface area contributed by atoms with Gasteiger partial charge in [-0.05, 0) is 38.0 Å². The highest BCUT2D eigenvalue weighted by atomic mass is 16.5. The second-order valence-corrected chi connectivity index (χ2v) is 5.87. The van der Waals surface area contributed by atoms with Crippen LogP contribution in [0.5, 0.6) is 11.5 Å². The Morgan fingerprint density at radius 2 is 1.87 bits per heavy atom. The van der Waals surface area contributed by atoms with Crippen LogP contribution in [-0.2, 0) is 6.54 Å². The maximum absolute atomic E-state index is 6.02. The minimum Gasteiger partial charge on any atom is -0.457 e. The average Bonchev–Trinajstić information content (AvgIpc) is 3.39. The molecular formula is C19H23N3O. The lowest BCUT2D eigenvalue weighted by atomic mass is 10.2. The van der Waals surface area contributed by atoms with Crippen molar-refractivity contribution < 1.29 is 4.74 Å². The maximum atomic E-state index is 6.02. The van der Waals surface area contributed by atoms with Gasteiger partial charge in [0, 0.05) is 25.2 Å². The number of para-hydroxylation sites is 1. The fraction of sp³-hybridized carbons (Fsp3) is 0.316. The van der Waals surface area contributed by atoms with Gasteiger partial charge >= 0.3 is 0 Å². The van der Waals surface area contributed by atoms with Gasteiger partial charge in [0.1, 0.15) is 11.5 Å². The summed E-state index contributed by atoms with van der Waals surface area (Å²) in [6, 6.07) is 16.8. The molecule has 2 aromatic carbocycles. The van der Waals surface area contributed by atoms with Gasteiger partial charge in [-0.2, -0.15) is 0 Å². The maximum Gasteiger partial charge on any atom is 0.191 e. The predicted octanol–water partition coefficient (Wildman–Crippen LogP) is 3.61. The number of rotatable bonds is 5. The van der Waals surface area contributed by atoms with Gasteiger partial charge in [0.25, 0.3) is 0 Å². The Bertz CT molecular complexity index is 675. The van der Waals surface area contributed by atoms with Crippen molar-refractivity contribution in [3.05, 3.63) is 59.7 Å². The molecule has 1 saturated carbocycles. The number of benzene rings is 2. The molecule has 2 N–H and O–H groups in total. The van der Waals surface area contributed by atoms with Gasteiger partial charge in [-0.25, -0.2) is 0 Å². The molecule has 0 aliphatic heterocycles. The summed E-state index contributed by atoms with van der Waals surface area (Å²) in [5.41, 5.74) is 2.33. The first-order chi connectivity index (χ1) is 11.2. The van der Waals surface area contributed by atoms with Crippen molar-refractivity contribution >= 4 is 5.96 Å². The van der Waals surface area contributed by atoms with Gasteiger partial charge in [-0.3, -0.25) is 4.99 Å². The van der Waals surface area contributed by atoms with E-state index >= 15 is 0 Å². The zero-order chi connectivity index (χ0) is 16.1. The van der Waals surface area contributed by atoms with Crippen LogP contribution in [0.3, 0.4) is 0 Å². The first-order valence-electron chi connectivity index (χ1n) is 8.04. The number of hydrogen-bond acceptors (Lipinski definition) is 2. The minimum atomic E-state index is 0.584. The van der Waals surface area contributed by atoms with Gasteiger partial charge in [0.15, 0.2) is 5.96 Å². The molecule has 1 fully saturated rings. The van der Waals surface area contributed by atoms with Crippen molar-refractivity contribution in [1.29, 1.82) is 0 Å². The van der Waals surface area contributed by atoms with Gasteiger partial charge in [0.2, 0.25) is 0 Å². The third-order valence-electron chi connectivity index (χ3n) is 3.81. The van der Waals surface area contributed by atoms with E-state index in [9.17, 15) is 0 Å². The van der Waals surface area contributed by atoms with E-state index in [0.717, 1.165) is 23.0 Å². The highest BCUT2D eigenvalue weighted by Crippen LogP contribution is 2.25. The van der Waals surface area contributed by atoms with Crippen LogP contribution >= 0.6 is 0 Å². The molecular weight excluding hydrogens is 286 g/mol. The smallest absolute Gasteiger partial charge is 0.191 e. The quantitative estimate of drug-likeness (QED) is 0.655. The van der Waals surface area contributed by atoms with E-state index < -0.39 is 0 Å². The van der Waals surface area contributed by atoms with Crippen LogP contribution in [0.25, 0.3) is 0 Å². The SMILES string of the molecule is CN=C(NCc1ccccc1Oc1ccc(C)cc1)NC1CC1. The van der Waals surface area contributed by atoms with Crippen molar-refractivity contribution in [3.63, 3.8) is 0 Å². The monoisotopic (exact) mass is 309 g/mol. The Morgan fingerprint density at radius 1 is 1.13 bits per heavy atom. The van der Waals surface area contributed by atoms with E-state index in [1.165, 1.54) is 18.4 Å². The Hall–Kier alpha value is -2.49. The third-order valence-corrected chi connectivity index (χ3v) is 3.81. The summed E-state index contributed by atoms with van der Waals surface area (Å²) in [5.74, 6) is 2.56. The summed E-state index contributed by atoms with van der Waals surface area (Å²) in [4.78, 5) is 4.26. The molecule has 120 valence electrons. The van der Waals surface area contributed by atoms with Crippen LogP contribution in [0.15, 0.2) is 53.5 Å². The Morgan fingerprint density at radius 3 is 2.57 bits per heavy atom. The molecule has 0 radical (unpaired) electrons. The summed E-state index contributed by atoms with van der Waals surface area (Å²) in [7, 11) is 1.80. The van der Waals surface area contributed by atoms with Gasteiger partial charge < -0.3 is 15.4 Å². The Labute approximate surface area is 137 Å². The van der Waals surface area contributed by atoms with Gasteiger partial charge in [-0.15, -0.1) is 0 Å². The van der Waals surface area contributed by atoms with Crippen LogP contribution in [0.2, 0.25) is 0 Å². The van der Waals surface area contributed by atoms with E-state index in [2.05, 4.69) is 40.7 Å². The number of aliphatic imine (C=N–C) groups is 1. The molecule has 1 aliphatic rings. The first kappa shape index (κ1) is 15.4. The van der Waals surface area contributed by atoms with Gasteiger partial charge in [-0.1, -0.05) is 35.9 Å². The fourth-order valence-corrected chi connectivity index (χ4v) is 2.28. The summed E-state index contributed by atoms with van der Waals surface area (Å²) in [5, 5.41) is 6.74. The second kappa shape index (κ2) is 7.18. The molecule has 4 nitrogen and oxygen atoms in total. The largest absolute Gasteiger partial charge is 0.457 e. The topological polar surface area (TPSA) is 45.7 Å². The molecule has 0 unspecified atom stereocenters. The number of hydrogen-bond donors (Lipinski definition) is 2. The Kier molecular flexibility index (Phi) is 4.81. The van der Waals surface area contributed by atoms with Crippen LogP contribution in [0.1, 0.15) is 24.0 Å². The summed E-state index contributed by atoms with van der Waals surface area (Å²) in [6.07, 6.45) is 2.46. The summed E-state index contributed by atoms with van der Waals surface area (Å²) < 4.78 is 6.02. The Balaban J connectivity index is 1.66. The van der Waals surface area contributed by atoms with E-state index in [1.807, 2.05) is 30.3 Å². The highest BCUT2D eigenvalue weighted by molar-refractivity contribution is 5.80. The van der Waals surface area contributed by atoms with E-state index in [4.69, 9.17) is 4.74 Å². The molecule has 0 atom stereocenters. The third kappa shape index (κ3) is 4.49. The molecule has 0 heterocycles. The van der Waals surface area contributed by atoms with Crippen LogP contribution in [-0.4, -0.2) is 19.0 Å². The second-order valence-electron chi connectivity index (χ2n) is 5.87. The molecule has 2 aromatic rings. The lowest BCUT2D eigenvalue weighted by Crippen LogP contribution is -2.38. The van der Waals surface area contributed by atoms with E-state index in [1.54, 1.807) is 7.05 Å². The molecule has 3 rings (SSSR count). The van der Waals surface area contributed by atoms with Crippen molar-refractivity contribution in [2.24, 2.45) is 4.99 Å². The fourth-order valence-electron chi connectivity index (χ4n) is 2.28. The van der Waals surface area contributed by atoms with E-state index in [-0.39, 0.29) is 0 Å². The molecule has 23 heavy (non-hydrogen) atoms. The number of aryl methyl sites for hydroxylation is 1. The standard InChI is InChI=1S/C19H23N3O/c1-14-7-11-17(12-8-14)23-18-6-4-3-5-15(18)13-21-19(20-2)22-16-9-10-16/h3-8,11-12,16H,9-10,13H2,1-2H3,(H2,20,21,22). The van der Waals surface area contributed by atoms with Crippen molar-refractivity contribution in [2.75, 3.05) is 7.05 Å². The number of nitrogens with one attached hydrogen (secondary N) is 2. The highest BCUT2D eigenvalue weighted by Gasteiger charge is 2.22. The molecule has 0 bridgehead atoms. The average molecular weight is 309 g/mol. The number of nitrogens with zero attached hydrogens (tertiary/aromatic N) is 1. The summed E-state index contributed by atoms with van der Waals surface area (Å²) >= 11 is 0. The number of guanidine groups is 1.